The van der Waals surface area contributed by atoms with E-state index in [0.717, 1.165) is 0 Å². The van der Waals surface area contributed by atoms with Crippen LogP contribution in [0.15, 0.2) is 24.3 Å². The van der Waals surface area contributed by atoms with Gasteiger partial charge in [-0.15, -0.1) is 0 Å². The fourth-order valence-corrected chi connectivity index (χ4v) is 1.99. The van der Waals surface area contributed by atoms with Gasteiger partial charge in [0.15, 0.2) is 0 Å². The standard InChI is InChI=1S/C14H17Cl2NO2/c1-10(2)17(7-8-18)14(19)6-3-11-9-12(15)4-5-13(11)16/h3-6,9-10,18H,7-8H2,1-2H3/b6-3+. The maximum Gasteiger partial charge on any atom is 0.246 e. The van der Waals surface area contributed by atoms with Crippen molar-refractivity contribution in [2.45, 2.75) is 19.9 Å². The minimum atomic E-state index is -0.167. The highest BCUT2D eigenvalue weighted by Crippen LogP contribution is 2.21. The lowest BCUT2D eigenvalue weighted by Crippen LogP contribution is -2.37. The number of rotatable bonds is 5. The zero-order chi connectivity index (χ0) is 14.4. The van der Waals surface area contributed by atoms with Crippen molar-refractivity contribution < 1.29 is 9.90 Å². The fraction of sp³-hybridized carbons (Fsp3) is 0.357. The first-order valence-corrected chi connectivity index (χ1v) is 6.76. The first-order chi connectivity index (χ1) is 8.95. The summed E-state index contributed by atoms with van der Waals surface area (Å²) in [6, 6.07) is 5.09. The van der Waals surface area contributed by atoms with Gasteiger partial charge in [-0.1, -0.05) is 23.2 Å². The van der Waals surface area contributed by atoms with E-state index >= 15 is 0 Å². The van der Waals surface area contributed by atoms with Crippen LogP contribution in [0.5, 0.6) is 0 Å². The lowest BCUT2D eigenvalue weighted by atomic mass is 10.2. The molecule has 0 aliphatic rings. The first-order valence-electron chi connectivity index (χ1n) is 6.00. The van der Waals surface area contributed by atoms with Crippen molar-refractivity contribution in [3.8, 4) is 0 Å². The maximum absolute atomic E-state index is 12.0. The molecule has 0 unspecified atom stereocenters. The number of carbonyl (C=O) groups excluding carboxylic acids is 1. The fourth-order valence-electron chi connectivity index (χ4n) is 1.63. The van der Waals surface area contributed by atoms with Crippen molar-refractivity contribution in [2.24, 2.45) is 0 Å². The van der Waals surface area contributed by atoms with E-state index < -0.39 is 0 Å². The zero-order valence-corrected chi connectivity index (χ0v) is 12.4. The van der Waals surface area contributed by atoms with E-state index in [0.29, 0.717) is 22.2 Å². The normalized spacial score (nSPS) is 11.3. The quantitative estimate of drug-likeness (QED) is 0.848. The monoisotopic (exact) mass is 301 g/mol. The van der Waals surface area contributed by atoms with Crippen LogP contribution in [-0.4, -0.2) is 35.1 Å². The van der Waals surface area contributed by atoms with E-state index in [9.17, 15) is 4.79 Å². The molecule has 1 rings (SSSR count). The molecule has 0 spiro atoms. The Labute approximate surface area is 123 Å². The zero-order valence-electron chi connectivity index (χ0n) is 10.9. The number of benzene rings is 1. The van der Waals surface area contributed by atoms with E-state index in [1.165, 1.54) is 6.08 Å². The Bertz CT molecular complexity index is 473. The highest BCUT2D eigenvalue weighted by molar-refractivity contribution is 6.34. The average Bonchev–Trinajstić information content (AvgIpc) is 2.36. The van der Waals surface area contributed by atoms with Crippen molar-refractivity contribution in [1.29, 1.82) is 0 Å². The van der Waals surface area contributed by atoms with Crippen LogP contribution >= 0.6 is 23.2 Å². The SMILES string of the molecule is CC(C)N(CCO)C(=O)/C=C/c1cc(Cl)ccc1Cl. The average molecular weight is 302 g/mol. The third kappa shape index (κ3) is 4.86. The Morgan fingerprint density at radius 3 is 2.68 bits per heavy atom. The van der Waals surface area contributed by atoms with Crippen LogP contribution in [0.2, 0.25) is 10.0 Å². The molecule has 0 aromatic heterocycles. The maximum atomic E-state index is 12.0. The molecule has 0 saturated carbocycles. The lowest BCUT2D eigenvalue weighted by molar-refractivity contribution is -0.128. The van der Waals surface area contributed by atoms with Crippen LogP contribution in [0.1, 0.15) is 19.4 Å². The van der Waals surface area contributed by atoms with Crippen LogP contribution in [0.25, 0.3) is 6.08 Å². The molecule has 1 N–H and O–H groups in total. The third-order valence-electron chi connectivity index (χ3n) is 2.61. The van der Waals surface area contributed by atoms with Crippen LogP contribution in [-0.2, 0) is 4.79 Å². The predicted octanol–water partition coefficient (Wildman–Crippen LogP) is 3.24. The van der Waals surface area contributed by atoms with Gasteiger partial charge in [0, 0.05) is 28.7 Å². The van der Waals surface area contributed by atoms with Crippen molar-refractivity contribution >= 4 is 35.2 Å². The summed E-state index contributed by atoms with van der Waals surface area (Å²) in [5.74, 6) is -0.167. The second-order valence-electron chi connectivity index (χ2n) is 4.35. The minimum Gasteiger partial charge on any atom is -0.395 e. The predicted molar refractivity (Wildman–Crippen MR) is 79.4 cm³/mol. The molecule has 0 heterocycles. The molecule has 0 aliphatic carbocycles. The van der Waals surface area contributed by atoms with E-state index in [4.69, 9.17) is 28.3 Å². The Balaban J connectivity index is 2.85. The number of nitrogens with zero attached hydrogens (tertiary/aromatic N) is 1. The molecule has 0 fully saturated rings. The number of aliphatic hydroxyl groups excluding tert-OH is 1. The molecule has 1 amide bonds. The number of carbonyl (C=O) groups is 1. The Hall–Kier alpha value is -1.03. The minimum absolute atomic E-state index is 0.0270. The van der Waals surface area contributed by atoms with Crippen molar-refractivity contribution in [2.75, 3.05) is 13.2 Å². The summed E-state index contributed by atoms with van der Waals surface area (Å²) in [4.78, 5) is 13.6. The lowest BCUT2D eigenvalue weighted by Gasteiger charge is -2.24. The van der Waals surface area contributed by atoms with E-state index in [1.54, 1.807) is 29.2 Å². The summed E-state index contributed by atoms with van der Waals surface area (Å²) in [6.45, 7) is 4.04. The highest BCUT2D eigenvalue weighted by Gasteiger charge is 2.13. The van der Waals surface area contributed by atoms with Crippen LogP contribution in [0.3, 0.4) is 0 Å². The van der Waals surface area contributed by atoms with Gasteiger partial charge in [0.05, 0.1) is 6.61 Å². The molecule has 19 heavy (non-hydrogen) atoms. The molecule has 0 aliphatic heterocycles. The van der Waals surface area contributed by atoms with Crippen molar-refractivity contribution in [1.82, 2.24) is 4.90 Å². The topological polar surface area (TPSA) is 40.5 Å². The van der Waals surface area contributed by atoms with Gasteiger partial charge in [0.25, 0.3) is 0 Å². The number of halogens is 2. The van der Waals surface area contributed by atoms with E-state index in [2.05, 4.69) is 0 Å². The summed E-state index contributed by atoms with van der Waals surface area (Å²) in [6.07, 6.45) is 3.07. The molecule has 0 bridgehead atoms. The number of amides is 1. The molecule has 0 atom stereocenters. The summed E-state index contributed by atoms with van der Waals surface area (Å²) in [7, 11) is 0. The van der Waals surface area contributed by atoms with E-state index in [1.807, 2.05) is 13.8 Å². The summed E-state index contributed by atoms with van der Waals surface area (Å²) in [5, 5.41) is 10.0. The van der Waals surface area contributed by atoms with Crippen LogP contribution in [0, 0.1) is 0 Å². The molecule has 0 saturated heterocycles. The molecule has 104 valence electrons. The van der Waals surface area contributed by atoms with E-state index in [-0.39, 0.29) is 18.6 Å². The Morgan fingerprint density at radius 2 is 2.11 bits per heavy atom. The second kappa shape index (κ2) is 7.53. The van der Waals surface area contributed by atoms with Gasteiger partial charge in [-0.05, 0) is 43.7 Å². The molecule has 5 heteroatoms. The molecule has 1 aromatic carbocycles. The van der Waals surface area contributed by atoms with Gasteiger partial charge >= 0.3 is 0 Å². The van der Waals surface area contributed by atoms with Gasteiger partial charge in [-0.3, -0.25) is 4.79 Å². The number of hydrogen-bond acceptors (Lipinski definition) is 2. The van der Waals surface area contributed by atoms with Gasteiger partial charge in [-0.25, -0.2) is 0 Å². The van der Waals surface area contributed by atoms with Crippen LogP contribution < -0.4 is 0 Å². The smallest absolute Gasteiger partial charge is 0.246 e. The molecular weight excluding hydrogens is 285 g/mol. The number of aliphatic hydroxyl groups is 1. The highest BCUT2D eigenvalue weighted by atomic mass is 35.5. The van der Waals surface area contributed by atoms with Gasteiger partial charge in [0.2, 0.25) is 5.91 Å². The van der Waals surface area contributed by atoms with Gasteiger partial charge < -0.3 is 10.0 Å². The Kier molecular flexibility index (Phi) is 6.35. The number of hydrogen-bond donors (Lipinski definition) is 1. The van der Waals surface area contributed by atoms with Gasteiger partial charge in [-0.2, -0.15) is 0 Å². The largest absolute Gasteiger partial charge is 0.395 e. The third-order valence-corrected chi connectivity index (χ3v) is 3.19. The Morgan fingerprint density at radius 1 is 1.42 bits per heavy atom. The summed E-state index contributed by atoms with van der Waals surface area (Å²) >= 11 is 11.9. The molecule has 0 radical (unpaired) electrons. The first kappa shape index (κ1) is 16.0. The molecular formula is C14H17Cl2NO2. The summed E-state index contributed by atoms with van der Waals surface area (Å²) in [5.41, 5.74) is 0.690. The van der Waals surface area contributed by atoms with Crippen molar-refractivity contribution in [3.63, 3.8) is 0 Å². The van der Waals surface area contributed by atoms with Gasteiger partial charge in [0.1, 0.15) is 0 Å². The molecule has 3 nitrogen and oxygen atoms in total. The summed E-state index contributed by atoms with van der Waals surface area (Å²) < 4.78 is 0. The van der Waals surface area contributed by atoms with Crippen molar-refractivity contribution in [3.05, 3.63) is 39.9 Å². The second-order valence-corrected chi connectivity index (χ2v) is 5.19. The molecule has 1 aromatic rings. The van der Waals surface area contributed by atoms with Crippen LogP contribution in [0.4, 0.5) is 0 Å².